The fraction of sp³-hybridized carbons (Fsp3) is 0.0909. The van der Waals surface area contributed by atoms with Gasteiger partial charge in [0.1, 0.15) is 5.58 Å². The van der Waals surface area contributed by atoms with Gasteiger partial charge in [-0.15, -0.1) is 0 Å². The molecule has 1 aromatic heterocycles. The van der Waals surface area contributed by atoms with Crippen molar-refractivity contribution in [3.63, 3.8) is 0 Å². The molecule has 3 aromatic carbocycles. The molecule has 4 aromatic rings. The predicted molar refractivity (Wildman–Crippen MR) is 99.0 cm³/mol. The van der Waals surface area contributed by atoms with Crippen molar-refractivity contribution in [3.8, 4) is 0 Å². The van der Waals surface area contributed by atoms with E-state index in [-0.39, 0.29) is 0 Å². The molecule has 0 saturated heterocycles. The van der Waals surface area contributed by atoms with Gasteiger partial charge in [0.25, 0.3) is 0 Å². The molecule has 0 radical (unpaired) electrons. The van der Waals surface area contributed by atoms with E-state index in [1.165, 1.54) is 11.1 Å². The van der Waals surface area contributed by atoms with E-state index in [9.17, 15) is 0 Å². The Morgan fingerprint density at radius 1 is 0.625 bits per heavy atom. The Bertz CT molecular complexity index is 838. The van der Waals surface area contributed by atoms with E-state index in [0.29, 0.717) is 0 Å². The summed E-state index contributed by atoms with van der Waals surface area (Å²) in [5.74, 6) is 0.906. The highest BCUT2D eigenvalue weighted by molar-refractivity contribution is 5.80. The quantitative estimate of drug-likeness (QED) is 0.474. The number of fused-ring (bicyclic) bond motifs is 1. The molecule has 24 heavy (non-hydrogen) atoms. The van der Waals surface area contributed by atoms with Crippen molar-refractivity contribution in [3.05, 3.63) is 102 Å². The zero-order valence-corrected chi connectivity index (χ0v) is 13.4. The first-order valence-corrected chi connectivity index (χ1v) is 8.20. The van der Waals surface area contributed by atoms with E-state index >= 15 is 0 Å². The summed E-state index contributed by atoms with van der Waals surface area (Å²) in [7, 11) is 0. The first kappa shape index (κ1) is 14.6. The third kappa shape index (κ3) is 3.18. The molecule has 2 heteroatoms. The van der Waals surface area contributed by atoms with Crippen molar-refractivity contribution in [1.29, 1.82) is 0 Å². The van der Waals surface area contributed by atoms with Crippen LogP contribution in [0.4, 0.5) is 5.88 Å². The van der Waals surface area contributed by atoms with Gasteiger partial charge in [0, 0.05) is 24.5 Å². The number of hydrogen-bond donors (Lipinski definition) is 0. The van der Waals surface area contributed by atoms with E-state index in [4.69, 9.17) is 4.42 Å². The van der Waals surface area contributed by atoms with Gasteiger partial charge >= 0.3 is 0 Å². The van der Waals surface area contributed by atoms with Crippen LogP contribution >= 0.6 is 0 Å². The molecule has 0 atom stereocenters. The Labute approximate surface area is 142 Å². The summed E-state index contributed by atoms with van der Waals surface area (Å²) >= 11 is 0. The predicted octanol–water partition coefficient (Wildman–Crippen LogP) is 5.64. The molecular formula is C22H19NO. The first-order chi connectivity index (χ1) is 11.9. The molecule has 1 heterocycles. The fourth-order valence-electron chi connectivity index (χ4n) is 2.94. The van der Waals surface area contributed by atoms with Gasteiger partial charge in [-0.2, -0.15) is 0 Å². The lowest BCUT2D eigenvalue weighted by Gasteiger charge is -2.22. The summed E-state index contributed by atoms with van der Waals surface area (Å²) in [5, 5.41) is 1.14. The number of furan rings is 1. The first-order valence-electron chi connectivity index (χ1n) is 8.20. The minimum Gasteiger partial charge on any atom is -0.441 e. The van der Waals surface area contributed by atoms with Gasteiger partial charge in [0.2, 0.25) is 0 Å². The minimum absolute atomic E-state index is 0.815. The van der Waals surface area contributed by atoms with Crippen molar-refractivity contribution in [2.45, 2.75) is 13.1 Å². The molecule has 4 rings (SSSR count). The third-order valence-corrected chi connectivity index (χ3v) is 4.16. The van der Waals surface area contributed by atoms with Gasteiger partial charge in [0.15, 0.2) is 5.88 Å². The summed E-state index contributed by atoms with van der Waals surface area (Å²) in [6, 6.07) is 31.3. The van der Waals surface area contributed by atoms with Gasteiger partial charge in [-0.05, 0) is 17.2 Å². The molecule has 0 aliphatic heterocycles. The van der Waals surface area contributed by atoms with E-state index in [0.717, 1.165) is 29.9 Å². The SMILES string of the molecule is c1ccc(CN(Cc2ccccc2)c2cc3ccccc3o2)cc1. The monoisotopic (exact) mass is 313 g/mol. The van der Waals surface area contributed by atoms with Crippen LogP contribution < -0.4 is 4.90 Å². The molecule has 0 amide bonds. The highest BCUT2D eigenvalue weighted by Gasteiger charge is 2.13. The molecule has 0 saturated carbocycles. The molecule has 2 nitrogen and oxygen atoms in total. The highest BCUT2D eigenvalue weighted by atomic mass is 16.4. The van der Waals surface area contributed by atoms with Crippen molar-refractivity contribution in [2.75, 3.05) is 4.90 Å². The van der Waals surface area contributed by atoms with Crippen molar-refractivity contribution in [1.82, 2.24) is 0 Å². The highest BCUT2D eigenvalue weighted by Crippen LogP contribution is 2.28. The Hall–Kier alpha value is -3.00. The van der Waals surface area contributed by atoms with Gasteiger partial charge in [-0.3, -0.25) is 0 Å². The molecule has 118 valence electrons. The average molecular weight is 313 g/mol. The van der Waals surface area contributed by atoms with Crippen LogP contribution in [0.3, 0.4) is 0 Å². The summed E-state index contributed by atoms with van der Waals surface area (Å²) < 4.78 is 6.10. The van der Waals surface area contributed by atoms with E-state index < -0.39 is 0 Å². The van der Waals surface area contributed by atoms with E-state index in [1.54, 1.807) is 0 Å². The second-order valence-corrected chi connectivity index (χ2v) is 5.95. The molecule has 0 aliphatic carbocycles. The van der Waals surface area contributed by atoms with Crippen LogP contribution in [-0.2, 0) is 13.1 Å². The second kappa shape index (κ2) is 6.63. The number of nitrogens with zero attached hydrogens (tertiary/aromatic N) is 1. The topological polar surface area (TPSA) is 16.4 Å². The summed E-state index contributed by atoms with van der Waals surface area (Å²) in [4.78, 5) is 2.28. The second-order valence-electron chi connectivity index (χ2n) is 5.95. The van der Waals surface area contributed by atoms with Gasteiger partial charge in [-0.1, -0.05) is 78.9 Å². The van der Waals surface area contributed by atoms with E-state index in [2.05, 4.69) is 65.6 Å². The summed E-state index contributed by atoms with van der Waals surface area (Å²) in [5.41, 5.74) is 3.47. The zero-order valence-electron chi connectivity index (χ0n) is 13.4. The van der Waals surface area contributed by atoms with Crippen LogP contribution in [0, 0.1) is 0 Å². The van der Waals surface area contributed by atoms with Crippen LogP contribution in [-0.4, -0.2) is 0 Å². The molecular weight excluding hydrogens is 294 g/mol. The Balaban J connectivity index is 1.68. The van der Waals surface area contributed by atoms with Crippen molar-refractivity contribution in [2.24, 2.45) is 0 Å². The molecule has 0 bridgehead atoms. The lowest BCUT2D eigenvalue weighted by Crippen LogP contribution is -2.21. The van der Waals surface area contributed by atoms with Gasteiger partial charge in [-0.25, -0.2) is 0 Å². The fourth-order valence-corrected chi connectivity index (χ4v) is 2.94. The number of hydrogen-bond acceptors (Lipinski definition) is 2. The Kier molecular flexibility index (Phi) is 4.03. The smallest absolute Gasteiger partial charge is 0.197 e. The van der Waals surface area contributed by atoms with Crippen molar-refractivity contribution >= 4 is 16.9 Å². The summed E-state index contributed by atoms with van der Waals surface area (Å²) in [6.07, 6.45) is 0. The molecule has 0 aliphatic rings. The molecule has 0 fully saturated rings. The van der Waals surface area contributed by atoms with Gasteiger partial charge in [0.05, 0.1) is 0 Å². The normalized spacial score (nSPS) is 10.8. The minimum atomic E-state index is 0.815. The molecule has 0 N–H and O–H groups in total. The molecule has 0 spiro atoms. The van der Waals surface area contributed by atoms with Crippen LogP contribution in [0.15, 0.2) is 95.4 Å². The number of benzene rings is 3. The summed E-state index contributed by atoms with van der Waals surface area (Å²) in [6.45, 7) is 1.63. The van der Waals surface area contributed by atoms with Crippen LogP contribution in [0.1, 0.15) is 11.1 Å². The average Bonchev–Trinajstić information content (AvgIpc) is 3.07. The largest absolute Gasteiger partial charge is 0.441 e. The third-order valence-electron chi connectivity index (χ3n) is 4.16. The standard InChI is InChI=1S/C22H19NO/c1-3-9-18(10-4-1)16-23(17-19-11-5-2-6-12-19)22-15-20-13-7-8-14-21(20)24-22/h1-15H,16-17H2. The number of para-hydroxylation sites is 1. The zero-order chi connectivity index (χ0) is 16.2. The van der Waals surface area contributed by atoms with Crippen molar-refractivity contribution < 1.29 is 4.42 Å². The Morgan fingerprint density at radius 2 is 1.17 bits per heavy atom. The van der Waals surface area contributed by atoms with Gasteiger partial charge < -0.3 is 9.32 Å². The van der Waals surface area contributed by atoms with Crippen LogP contribution in [0.2, 0.25) is 0 Å². The number of rotatable bonds is 5. The molecule has 0 unspecified atom stereocenters. The van der Waals surface area contributed by atoms with E-state index in [1.807, 2.05) is 30.3 Å². The Morgan fingerprint density at radius 3 is 1.75 bits per heavy atom. The maximum absolute atomic E-state index is 6.10. The van der Waals surface area contributed by atoms with Crippen LogP contribution in [0.5, 0.6) is 0 Å². The van der Waals surface area contributed by atoms with Crippen LogP contribution in [0.25, 0.3) is 11.0 Å². The lowest BCUT2D eigenvalue weighted by atomic mass is 10.1. The maximum Gasteiger partial charge on any atom is 0.197 e. The maximum atomic E-state index is 6.10. The number of anilines is 1. The lowest BCUT2D eigenvalue weighted by molar-refractivity contribution is 0.576.